The first-order chi connectivity index (χ1) is 8.77. The Morgan fingerprint density at radius 2 is 2.28 bits per heavy atom. The lowest BCUT2D eigenvalue weighted by molar-refractivity contribution is -0.132. The molecule has 0 aromatic heterocycles. The van der Waals surface area contributed by atoms with Crippen molar-refractivity contribution in [3.8, 4) is 5.75 Å². The molecule has 0 spiro atoms. The predicted molar refractivity (Wildman–Crippen MR) is 72.3 cm³/mol. The average molecular weight is 268 g/mol. The second-order valence-electron chi connectivity index (χ2n) is 4.36. The van der Waals surface area contributed by atoms with Gasteiger partial charge in [-0.25, -0.2) is 0 Å². The molecule has 1 atom stereocenters. The van der Waals surface area contributed by atoms with Crippen molar-refractivity contribution in [3.63, 3.8) is 0 Å². The zero-order valence-corrected chi connectivity index (χ0v) is 11.3. The van der Waals surface area contributed by atoms with Crippen LogP contribution in [-0.4, -0.2) is 36.4 Å². The number of para-hydroxylation sites is 1. The van der Waals surface area contributed by atoms with Gasteiger partial charge in [-0.15, -0.1) is 11.6 Å². The van der Waals surface area contributed by atoms with Crippen LogP contribution in [0.25, 0.3) is 0 Å². The maximum atomic E-state index is 12.4. The summed E-state index contributed by atoms with van der Waals surface area (Å²) in [5, 5.41) is 0. The summed E-state index contributed by atoms with van der Waals surface area (Å²) in [6.45, 7) is 3.88. The Morgan fingerprint density at radius 3 is 3.00 bits per heavy atom. The predicted octanol–water partition coefficient (Wildman–Crippen LogP) is 2.64. The third kappa shape index (κ3) is 2.61. The minimum Gasteiger partial charge on any atom is -0.492 e. The molecule has 1 aliphatic heterocycles. The molecule has 1 aromatic carbocycles. The Balaban J connectivity index is 2.10. The summed E-state index contributed by atoms with van der Waals surface area (Å²) in [4.78, 5) is 14.3. The number of fused-ring (bicyclic) bond motifs is 1. The van der Waals surface area contributed by atoms with Crippen molar-refractivity contribution in [2.75, 3.05) is 25.6 Å². The fourth-order valence-electron chi connectivity index (χ4n) is 2.26. The van der Waals surface area contributed by atoms with Gasteiger partial charge in [-0.05, 0) is 19.4 Å². The van der Waals surface area contributed by atoms with Crippen LogP contribution >= 0.6 is 11.6 Å². The summed E-state index contributed by atoms with van der Waals surface area (Å²) < 4.78 is 5.56. The van der Waals surface area contributed by atoms with Gasteiger partial charge in [0.15, 0.2) is 0 Å². The van der Waals surface area contributed by atoms with Crippen molar-refractivity contribution in [2.24, 2.45) is 0 Å². The van der Waals surface area contributed by atoms with Gasteiger partial charge in [0, 0.05) is 24.5 Å². The standard InChI is InChI=1S/C14H18ClNO2/c1-2-16(9-5-8-15)14(17)12-10-18-13-7-4-3-6-11(12)13/h3-4,6-7,12H,2,5,8-10H2,1H3. The number of ether oxygens (including phenoxy) is 1. The first-order valence-corrected chi connectivity index (χ1v) is 6.87. The molecule has 1 heterocycles. The summed E-state index contributed by atoms with van der Waals surface area (Å²) in [6.07, 6.45) is 0.830. The van der Waals surface area contributed by atoms with Crippen LogP contribution in [0.4, 0.5) is 0 Å². The summed E-state index contributed by atoms with van der Waals surface area (Å²) in [6, 6.07) is 7.76. The van der Waals surface area contributed by atoms with E-state index in [-0.39, 0.29) is 11.8 Å². The number of rotatable bonds is 5. The van der Waals surface area contributed by atoms with Gasteiger partial charge in [-0.1, -0.05) is 18.2 Å². The number of likely N-dealkylation sites (N-methyl/N-ethyl adjacent to an activating group) is 1. The van der Waals surface area contributed by atoms with Crippen LogP contribution in [0.15, 0.2) is 24.3 Å². The largest absolute Gasteiger partial charge is 0.492 e. The molecule has 0 bridgehead atoms. The molecular weight excluding hydrogens is 250 g/mol. The Morgan fingerprint density at radius 1 is 1.50 bits per heavy atom. The smallest absolute Gasteiger partial charge is 0.233 e. The van der Waals surface area contributed by atoms with E-state index in [9.17, 15) is 4.79 Å². The van der Waals surface area contributed by atoms with E-state index in [1.54, 1.807) is 0 Å². The summed E-state index contributed by atoms with van der Waals surface area (Å²) in [7, 11) is 0. The molecule has 0 saturated carbocycles. The summed E-state index contributed by atoms with van der Waals surface area (Å²) >= 11 is 5.69. The number of carbonyl (C=O) groups excluding carboxylic acids is 1. The van der Waals surface area contributed by atoms with E-state index in [1.165, 1.54) is 0 Å². The van der Waals surface area contributed by atoms with Crippen LogP contribution < -0.4 is 4.74 Å². The highest BCUT2D eigenvalue weighted by molar-refractivity contribution is 6.17. The molecule has 98 valence electrons. The quantitative estimate of drug-likeness (QED) is 0.768. The van der Waals surface area contributed by atoms with Crippen molar-refractivity contribution in [1.29, 1.82) is 0 Å². The number of amides is 1. The Kier molecular flexibility index (Phi) is 4.48. The highest BCUT2D eigenvalue weighted by atomic mass is 35.5. The van der Waals surface area contributed by atoms with Gasteiger partial charge in [-0.2, -0.15) is 0 Å². The van der Waals surface area contributed by atoms with Crippen molar-refractivity contribution >= 4 is 17.5 Å². The highest BCUT2D eigenvalue weighted by Gasteiger charge is 2.32. The molecule has 1 aromatic rings. The minimum atomic E-state index is -0.156. The monoisotopic (exact) mass is 267 g/mol. The number of benzene rings is 1. The lowest BCUT2D eigenvalue weighted by atomic mass is 10.00. The highest BCUT2D eigenvalue weighted by Crippen LogP contribution is 2.34. The van der Waals surface area contributed by atoms with Crippen LogP contribution in [0, 0.1) is 0 Å². The lowest BCUT2D eigenvalue weighted by Gasteiger charge is -2.23. The molecule has 0 aliphatic carbocycles. The molecule has 0 fully saturated rings. The number of alkyl halides is 1. The van der Waals surface area contributed by atoms with Crippen molar-refractivity contribution < 1.29 is 9.53 Å². The number of halogens is 1. The average Bonchev–Trinajstić information content (AvgIpc) is 2.83. The number of hydrogen-bond acceptors (Lipinski definition) is 2. The topological polar surface area (TPSA) is 29.5 Å². The van der Waals surface area contributed by atoms with Gasteiger partial charge in [-0.3, -0.25) is 4.79 Å². The van der Waals surface area contributed by atoms with Gasteiger partial charge >= 0.3 is 0 Å². The van der Waals surface area contributed by atoms with Crippen molar-refractivity contribution in [2.45, 2.75) is 19.3 Å². The van der Waals surface area contributed by atoms with Gasteiger partial charge in [0.25, 0.3) is 0 Å². The van der Waals surface area contributed by atoms with Gasteiger partial charge in [0.1, 0.15) is 18.3 Å². The van der Waals surface area contributed by atoms with Crippen LogP contribution in [-0.2, 0) is 4.79 Å². The second-order valence-corrected chi connectivity index (χ2v) is 4.74. The van der Waals surface area contributed by atoms with E-state index in [1.807, 2.05) is 36.1 Å². The zero-order valence-electron chi connectivity index (χ0n) is 10.6. The van der Waals surface area contributed by atoms with E-state index in [4.69, 9.17) is 16.3 Å². The fraction of sp³-hybridized carbons (Fsp3) is 0.500. The van der Waals surface area contributed by atoms with E-state index in [0.717, 1.165) is 24.3 Å². The van der Waals surface area contributed by atoms with Gasteiger partial charge < -0.3 is 9.64 Å². The van der Waals surface area contributed by atoms with E-state index in [2.05, 4.69) is 0 Å². The Labute approximate surface area is 113 Å². The molecule has 2 rings (SSSR count). The third-order valence-corrected chi connectivity index (χ3v) is 3.52. The Bertz CT molecular complexity index is 422. The van der Waals surface area contributed by atoms with Crippen LogP contribution in [0.2, 0.25) is 0 Å². The van der Waals surface area contributed by atoms with Crippen molar-refractivity contribution in [1.82, 2.24) is 4.90 Å². The lowest BCUT2D eigenvalue weighted by Crippen LogP contribution is -2.36. The second kappa shape index (κ2) is 6.10. The molecule has 1 amide bonds. The van der Waals surface area contributed by atoms with Crippen LogP contribution in [0.5, 0.6) is 5.75 Å². The van der Waals surface area contributed by atoms with E-state index >= 15 is 0 Å². The number of nitrogens with zero attached hydrogens (tertiary/aromatic N) is 1. The fourth-order valence-corrected chi connectivity index (χ4v) is 2.38. The zero-order chi connectivity index (χ0) is 13.0. The molecule has 3 nitrogen and oxygen atoms in total. The molecule has 0 saturated heterocycles. The summed E-state index contributed by atoms with van der Waals surface area (Å²) in [5.74, 6) is 1.41. The van der Waals surface area contributed by atoms with Crippen molar-refractivity contribution in [3.05, 3.63) is 29.8 Å². The maximum absolute atomic E-state index is 12.4. The molecule has 1 aliphatic rings. The summed E-state index contributed by atoms with van der Waals surface area (Å²) in [5.41, 5.74) is 1.01. The van der Waals surface area contributed by atoms with E-state index < -0.39 is 0 Å². The molecule has 0 radical (unpaired) electrons. The molecule has 18 heavy (non-hydrogen) atoms. The van der Waals surface area contributed by atoms with Gasteiger partial charge in [0.2, 0.25) is 5.91 Å². The first kappa shape index (κ1) is 13.2. The number of hydrogen-bond donors (Lipinski definition) is 0. The molecular formula is C14H18ClNO2. The molecule has 1 unspecified atom stereocenters. The normalized spacial score (nSPS) is 17.1. The van der Waals surface area contributed by atoms with E-state index in [0.29, 0.717) is 19.0 Å². The molecule has 0 N–H and O–H groups in total. The van der Waals surface area contributed by atoms with Crippen LogP contribution in [0.1, 0.15) is 24.8 Å². The third-order valence-electron chi connectivity index (χ3n) is 3.25. The Hall–Kier alpha value is -1.22. The SMILES string of the molecule is CCN(CCCCl)C(=O)C1COc2ccccc21. The van der Waals surface area contributed by atoms with Crippen LogP contribution in [0.3, 0.4) is 0 Å². The first-order valence-electron chi connectivity index (χ1n) is 6.34. The van der Waals surface area contributed by atoms with Gasteiger partial charge in [0.05, 0.1) is 0 Å². The maximum Gasteiger partial charge on any atom is 0.233 e. The minimum absolute atomic E-state index is 0.146. The molecule has 4 heteroatoms. The number of carbonyl (C=O) groups is 1.